The van der Waals surface area contributed by atoms with Gasteiger partial charge in [-0.15, -0.1) is 11.3 Å². The van der Waals surface area contributed by atoms with E-state index < -0.39 is 11.6 Å². The van der Waals surface area contributed by atoms with Crippen LogP contribution in [-0.2, 0) is 22.5 Å². The number of carbonyl (C=O) groups excluding carboxylic acids is 1. The van der Waals surface area contributed by atoms with E-state index in [1.54, 1.807) is 0 Å². The molecule has 1 amide bonds. The molecule has 2 heterocycles. The molecular weight excluding hydrogens is 424 g/mol. The summed E-state index contributed by atoms with van der Waals surface area (Å²) >= 11 is 1.38. The van der Waals surface area contributed by atoms with Crippen molar-refractivity contribution in [1.82, 2.24) is 10.3 Å². The Kier molecular flexibility index (Phi) is 6.39. The Morgan fingerprint density at radius 2 is 1.91 bits per heavy atom. The lowest BCUT2D eigenvalue weighted by molar-refractivity contribution is -0.159. The van der Waals surface area contributed by atoms with Crippen LogP contribution in [0.15, 0.2) is 48.5 Å². The number of benzene rings is 2. The monoisotopic (exact) mass is 450 g/mol. The van der Waals surface area contributed by atoms with Crippen LogP contribution in [0.1, 0.15) is 44.9 Å². The van der Waals surface area contributed by atoms with Crippen LogP contribution in [0.25, 0.3) is 10.6 Å². The normalized spacial score (nSPS) is 17.9. The number of hydrogen-bond donors (Lipinski definition) is 2. The van der Waals surface area contributed by atoms with Crippen molar-refractivity contribution in [3.63, 3.8) is 0 Å². The number of thiazole rings is 1. The zero-order valence-electron chi connectivity index (χ0n) is 18.2. The summed E-state index contributed by atoms with van der Waals surface area (Å²) < 4.78 is 5.59. The average Bonchev–Trinajstić information content (AvgIpc) is 3.40. The maximum absolute atomic E-state index is 12.8. The van der Waals surface area contributed by atoms with Crippen molar-refractivity contribution in [1.29, 1.82) is 0 Å². The largest absolute Gasteiger partial charge is 0.479 e. The Balaban J connectivity index is 1.43. The van der Waals surface area contributed by atoms with E-state index >= 15 is 0 Å². The smallest absolute Gasteiger partial charge is 0.336 e. The van der Waals surface area contributed by atoms with Crippen molar-refractivity contribution in [3.8, 4) is 10.6 Å². The molecule has 7 heteroatoms. The molecule has 0 aliphatic carbocycles. The third kappa shape index (κ3) is 4.74. The third-order valence-corrected chi connectivity index (χ3v) is 6.93. The van der Waals surface area contributed by atoms with E-state index in [-0.39, 0.29) is 5.91 Å². The molecule has 1 fully saturated rings. The molecule has 4 rings (SSSR count). The second-order valence-electron chi connectivity index (χ2n) is 8.23. The molecule has 1 saturated heterocycles. The molecule has 0 spiro atoms. The highest BCUT2D eigenvalue weighted by atomic mass is 32.1. The molecule has 0 saturated carbocycles. The molecular formula is C25H26N2O4S. The summed E-state index contributed by atoms with van der Waals surface area (Å²) in [4.78, 5) is 29.7. The van der Waals surface area contributed by atoms with Crippen LogP contribution < -0.4 is 5.32 Å². The van der Waals surface area contributed by atoms with Gasteiger partial charge in [-0.25, -0.2) is 9.78 Å². The average molecular weight is 451 g/mol. The Morgan fingerprint density at radius 1 is 1.16 bits per heavy atom. The van der Waals surface area contributed by atoms with E-state index in [1.807, 2.05) is 62.4 Å². The quantitative estimate of drug-likeness (QED) is 0.552. The number of nitrogens with one attached hydrogen (secondary N) is 1. The summed E-state index contributed by atoms with van der Waals surface area (Å²) in [6, 6.07) is 15.7. The van der Waals surface area contributed by atoms with Gasteiger partial charge in [-0.3, -0.25) is 4.79 Å². The number of carboxylic acid groups (broad SMARTS) is 1. The van der Waals surface area contributed by atoms with Crippen LogP contribution in [0, 0.1) is 13.8 Å². The third-order valence-electron chi connectivity index (χ3n) is 5.73. The molecule has 0 bridgehead atoms. The number of nitrogens with zero attached hydrogens (tertiary/aromatic N) is 1. The van der Waals surface area contributed by atoms with Crippen molar-refractivity contribution in [2.75, 3.05) is 6.61 Å². The van der Waals surface area contributed by atoms with Gasteiger partial charge in [0.05, 0.1) is 5.69 Å². The molecule has 1 aliphatic rings. The first-order chi connectivity index (χ1) is 15.4. The minimum Gasteiger partial charge on any atom is -0.479 e. The SMILES string of the molecule is Cc1ccc(-c2nc(C)c(C(=O)NCc3cccc(CC4(C(=O)O)CCCO4)c3)s2)cc1. The first-order valence-corrected chi connectivity index (χ1v) is 11.5. The fourth-order valence-corrected chi connectivity index (χ4v) is 4.94. The molecule has 0 radical (unpaired) electrons. The van der Waals surface area contributed by atoms with E-state index in [0.717, 1.165) is 28.1 Å². The van der Waals surface area contributed by atoms with Gasteiger partial charge in [0.25, 0.3) is 5.91 Å². The summed E-state index contributed by atoms with van der Waals surface area (Å²) in [5, 5.41) is 13.4. The lowest BCUT2D eigenvalue weighted by atomic mass is 9.91. The van der Waals surface area contributed by atoms with E-state index in [9.17, 15) is 14.7 Å². The highest BCUT2D eigenvalue weighted by Gasteiger charge is 2.42. The second-order valence-corrected chi connectivity index (χ2v) is 9.23. The summed E-state index contributed by atoms with van der Waals surface area (Å²) in [5.41, 5.74) is 3.53. The lowest BCUT2D eigenvalue weighted by Gasteiger charge is -2.23. The van der Waals surface area contributed by atoms with Crippen LogP contribution in [0.2, 0.25) is 0 Å². The van der Waals surface area contributed by atoms with Gasteiger partial charge in [-0.2, -0.15) is 0 Å². The predicted molar refractivity (Wildman–Crippen MR) is 124 cm³/mol. The standard InChI is InChI=1S/C25H26N2O4S/c1-16-7-9-20(10-8-16)23-27-17(2)21(32-23)22(28)26-15-19-6-3-5-18(13-19)14-25(24(29)30)11-4-12-31-25/h3,5-10,13H,4,11-12,14-15H2,1-2H3,(H,26,28)(H,29,30). The Labute approximate surface area is 191 Å². The maximum Gasteiger partial charge on any atom is 0.336 e. The second kappa shape index (κ2) is 9.22. The fourth-order valence-electron chi connectivity index (χ4n) is 3.95. The van der Waals surface area contributed by atoms with Gasteiger partial charge in [-0.1, -0.05) is 54.1 Å². The van der Waals surface area contributed by atoms with Crippen molar-refractivity contribution < 1.29 is 19.4 Å². The first kappa shape index (κ1) is 22.2. The van der Waals surface area contributed by atoms with Gasteiger partial charge < -0.3 is 15.2 Å². The molecule has 2 N–H and O–H groups in total. The van der Waals surface area contributed by atoms with Crippen molar-refractivity contribution >= 4 is 23.2 Å². The molecule has 166 valence electrons. The molecule has 32 heavy (non-hydrogen) atoms. The number of hydrogen-bond acceptors (Lipinski definition) is 5. The minimum atomic E-state index is -1.14. The topological polar surface area (TPSA) is 88.5 Å². The van der Waals surface area contributed by atoms with Crippen LogP contribution >= 0.6 is 11.3 Å². The Bertz CT molecular complexity index is 1130. The lowest BCUT2D eigenvalue weighted by Crippen LogP contribution is -2.40. The van der Waals surface area contributed by atoms with E-state index in [4.69, 9.17) is 4.74 Å². The molecule has 1 aliphatic heterocycles. The summed E-state index contributed by atoms with van der Waals surface area (Å²) in [7, 11) is 0. The van der Waals surface area contributed by atoms with Gasteiger partial charge in [0.2, 0.25) is 0 Å². The van der Waals surface area contributed by atoms with Crippen LogP contribution in [-0.4, -0.2) is 34.2 Å². The van der Waals surface area contributed by atoms with Crippen molar-refractivity contribution in [2.45, 2.75) is 45.3 Å². The number of carbonyl (C=O) groups is 2. The minimum absolute atomic E-state index is 0.162. The van der Waals surface area contributed by atoms with Gasteiger partial charge in [0.1, 0.15) is 9.88 Å². The zero-order chi connectivity index (χ0) is 22.7. The van der Waals surface area contributed by atoms with Gasteiger partial charge in [0.15, 0.2) is 5.60 Å². The van der Waals surface area contributed by atoms with E-state index in [2.05, 4.69) is 10.3 Å². The summed E-state index contributed by atoms with van der Waals surface area (Å²) in [5.74, 6) is -1.08. The molecule has 1 aromatic heterocycles. The number of rotatable bonds is 7. The Hall–Kier alpha value is -3.03. The van der Waals surface area contributed by atoms with E-state index in [0.29, 0.717) is 36.6 Å². The van der Waals surface area contributed by atoms with Gasteiger partial charge in [-0.05, 0) is 37.8 Å². The summed E-state index contributed by atoms with van der Waals surface area (Å²) in [6.07, 6.45) is 1.58. The number of aliphatic carboxylic acids is 1. The molecule has 6 nitrogen and oxygen atoms in total. The fraction of sp³-hybridized carbons (Fsp3) is 0.320. The van der Waals surface area contributed by atoms with Crippen molar-refractivity contribution in [2.24, 2.45) is 0 Å². The van der Waals surface area contributed by atoms with Gasteiger partial charge in [0, 0.05) is 25.1 Å². The molecule has 1 unspecified atom stereocenters. The summed E-state index contributed by atoms with van der Waals surface area (Å²) in [6.45, 7) is 4.70. The van der Waals surface area contributed by atoms with Crippen LogP contribution in [0.4, 0.5) is 0 Å². The van der Waals surface area contributed by atoms with E-state index in [1.165, 1.54) is 16.9 Å². The number of ether oxygens (including phenoxy) is 1. The molecule has 1 atom stereocenters. The van der Waals surface area contributed by atoms with Crippen LogP contribution in [0.5, 0.6) is 0 Å². The molecule has 3 aromatic rings. The predicted octanol–water partition coefficient (Wildman–Crippen LogP) is 4.53. The highest BCUT2D eigenvalue weighted by molar-refractivity contribution is 7.17. The number of amides is 1. The van der Waals surface area contributed by atoms with Crippen molar-refractivity contribution in [3.05, 3.63) is 75.8 Å². The number of aromatic nitrogens is 1. The van der Waals surface area contributed by atoms with Crippen LogP contribution in [0.3, 0.4) is 0 Å². The zero-order valence-corrected chi connectivity index (χ0v) is 19.0. The van der Waals surface area contributed by atoms with Gasteiger partial charge >= 0.3 is 5.97 Å². The number of aryl methyl sites for hydroxylation is 2. The Morgan fingerprint density at radius 3 is 2.59 bits per heavy atom. The maximum atomic E-state index is 12.8. The first-order valence-electron chi connectivity index (χ1n) is 10.6. The number of carboxylic acids is 1. The highest BCUT2D eigenvalue weighted by Crippen LogP contribution is 2.31. The molecule has 2 aromatic carbocycles.